The molecule has 128 valence electrons. The van der Waals surface area contributed by atoms with E-state index in [1.165, 1.54) is 6.92 Å². The van der Waals surface area contributed by atoms with E-state index in [4.69, 9.17) is 0 Å². The zero-order chi connectivity index (χ0) is 18.0. The first-order valence-corrected chi connectivity index (χ1v) is 8.50. The molecular weight excluding hydrogens is 386 g/mol. The Morgan fingerprint density at radius 1 is 1.12 bits per heavy atom. The van der Waals surface area contributed by atoms with E-state index in [0.29, 0.717) is 17.1 Å². The Bertz CT molecular complexity index is 866. The molecule has 0 fully saturated rings. The Kier molecular flexibility index (Phi) is 4.85. The minimum atomic E-state index is -0.589. The lowest BCUT2D eigenvalue weighted by atomic mass is 9.89. The quantitative estimate of drug-likeness (QED) is 0.735. The highest BCUT2D eigenvalue weighted by molar-refractivity contribution is 9.10. The fourth-order valence-electron chi connectivity index (χ4n) is 2.78. The van der Waals surface area contributed by atoms with Gasteiger partial charge >= 0.3 is 0 Å². The molecule has 3 N–H and O–H groups in total. The van der Waals surface area contributed by atoms with Gasteiger partial charge in [-0.3, -0.25) is 14.4 Å². The summed E-state index contributed by atoms with van der Waals surface area (Å²) in [5.41, 5.74) is 2.39. The van der Waals surface area contributed by atoms with Crippen LogP contribution < -0.4 is 16.0 Å². The Balaban J connectivity index is 1.89. The predicted molar refractivity (Wildman–Crippen MR) is 99.5 cm³/mol. The normalized spacial score (nSPS) is 15.8. The van der Waals surface area contributed by atoms with Crippen molar-refractivity contribution in [3.63, 3.8) is 0 Å². The molecule has 0 saturated heterocycles. The first-order chi connectivity index (χ1) is 11.9. The Labute approximate surface area is 153 Å². The van der Waals surface area contributed by atoms with Crippen LogP contribution in [0.5, 0.6) is 0 Å². The molecule has 1 atom stereocenters. The highest BCUT2D eigenvalue weighted by Gasteiger charge is 2.30. The van der Waals surface area contributed by atoms with Crippen molar-refractivity contribution in [2.75, 3.05) is 16.0 Å². The molecule has 25 heavy (non-hydrogen) atoms. The van der Waals surface area contributed by atoms with Crippen molar-refractivity contribution >= 4 is 50.7 Å². The number of amides is 3. The van der Waals surface area contributed by atoms with Crippen molar-refractivity contribution in [3.8, 4) is 0 Å². The largest absolute Gasteiger partial charge is 0.326 e. The molecule has 3 amide bonds. The summed E-state index contributed by atoms with van der Waals surface area (Å²) in [6.07, 6.45) is 0.0757. The van der Waals surface area contributed by atoms with Gasteiger partial charge in [0.2, 0.25) is 17.7 Å². The molecule has 0 radical (unpaired) electrons. The fraction of sp³-hybridized carbons (Fsp3) is 0.167. The average Bonchev–Trinajstić information content (AvgIpc) is 2.56. The van der Waals surface area contributed by atoms with E-state index in [2.05, 4.69) is 31.9 Å². The van der Waals surface area contributed by atoms with E-state index in [1.54, 1.807) is 24.3 Å². The van der Waals surface area contributed by atoms with Crippen molar-refractivity contribution in [1.29, 1.82) is 0 Å². The number of nitrogens with one attached hydrogen (secondary N) is 3. The number of fused-ring (bicyclic) bond motifs is 1. The van der Waals surface area contributed by atoms with Crippen molar-refractivity contribution in [2.45, 2.75) is 19.3 Å². The summed E-state index contributed by atoms with van der Waals surface area (Å²) in [6, 6.07) is 12.4. The lowest BCUT2D eigenvalue weighted by Crippen LogP contribution is -2.31. The molecule has 3 rings (SSSR count). The third-order valence-electron chi connectivity index (χ3n) is 3.87. The monoisotopic (exact) mass is 401 g/mol. The van der Waals surface area contributed by atoms with Crippen LogP contribution in [0.1, 0.15) is 24.8 Å². The molecule has 0 aromatic heterocycles. The molecule has 2 aromatic rings. The number of hydrogen-bond donors (Lipinski definition) is 3. The zero-order valence-electron chi connectivity index (χ0n) is 13.4. The first kappa shape index (κ1) is 17.2. The number of para-hydroxylation sites is 1. The van der Waals surface area contributed by atoms with Crippen molar-refractivity contribution < 1.29 is 14.4 Å². The van der Waals surface area contributed by atoms with Gasteiger partial charge in [-0.15, -0.1) is 0 Å². The van der Waals surface area contributed by atoms with Crippen molar-refractivity contribution in [2.24, 2.45) is 0 Å². The van der Waals surface area contributed by atoms with Gasteiger partial charge in [0.1, 0.15) is 0 Å². The molecule has 1 unspecified atom stereocenters. The highest BCUT2D eigenvalue weighted by Crippen LogP contribution is 2.34. The van der Waals surface area contributed by atoms with E-state index < -0.39 is 5.92 Å². The van der Waals surface area contributed by atoms with Gasteiger partial charge < -0.3 is 16.0 Å². The third kappa shape index (κ3) is 3.88. The minimum Gasteiger partial charge on any atom is -0.326 e. The number of anilines is 3. The molecule has 1 aliphatic rings. The zero-order valence-corrected chi connectivity index (χ0v) is 15.0. The van der Waals surface area contributed by atoms with E-state index in [0.717, 1.165) is 10.0 Å². The smallest absolute Gasteiger partial charge is 0.232 e. The molecule has 0 bridgehead atoms. The van der Waals surface area contributed by atoms with Crippen molar-refractivity contribution in [1.82, 2.24) is 0 Å². The van der Waals surface area contributed by atoms with Gasteiger partial charge in [0, 0.05) is 23.5 Å². The van der Waals surface area contributed by atoms with Crippen LogP contribution in [0.2, 0.25) is 0 Å². The number of benzene rings is 2. The number of carbonyl (C=O) groups is 3. The third-order valence-corrected chi connectivity index (χ3v) is 4.36. The Morgan fingerprint density at radius 3 is 2.64 bits per heavy atom. The predicted octanol–water partition coefficient (Wildman–Crippen LogP) is 3.47. The van der Waals surface area contributed by atoms with E-state index in [9.17, 15) is 14.4 Å². The van der Waals surface area contributed by atoms with Crippen LogP contribution in [-0.2, 0) is 14.4 Å². The summed E-state index contributed by atoms with van der Waals surface area (Å²) >= 11 is 3.36. The maximum atomic E-state index is 12.8. The molecule has 0 saturated carbocycles. The van der Waals surface area contributed by atoms with Crippen LogP contribution in [0.4, 0.5) is 17.1 Å². The first-order valence-electron chi connectivity index (χ1n) is 7.71. The summed E-state index contributed by atoms with van der Waals surface area (Å²) in [4.78, 5) is 36.1. The molecule has 1 aliphatic heterocycles. The molecule has 0 spiro atoms. The van der Waals surface area contributed by atoms with Crippen LogP contribution >= 0.6 is 15.9 Å². The van der Waals surface area contributed by atoms with Gasteiger partial charge in [0.25, 0.3) is 0 Å². The number of hydrogen-bond acceptors (Lipinski definition) is 3. The number of halogens is 1. The highest BCUT2D eigenvalue weighted by atomic mass is 79.9. The van der Waals surface area contributed by atoms with Crippen LogP contribution in [-0.4, -0.2) is 17.7 Å². The van der Waals surface area contributed by atoms with Crippen LogP contribution in [0.15, 0.2) is 46.9 Å². The molecular formula is C18H16BrN3O3. The van der Waals surface area contributed by atoms with Crippen LogP contribution in [0, 0.1) is 0 Å². The maximum absolute atomic E-state index is 12.8. The Morgan fingerprint density at radius 2 is 1.88 bits per heavy atom. The summed E-state index contributed by atoms with van der Waals surface area (Å²) in [5, 5.41) is 8.28. The van der Waals surface area contributed by atoms with Gasteiger partial charge in [-0.1, -0.05) is 34.1 Å². The fourth-order valence-corrected chi connectivity index (χ4v) is 3.14. The molecule has 7 heteroatoms. The standard InChI is InChI=1S/C18H16BrN3O3/c1-10(23)20-15-7-6-11(19)8-16(15)22-18(25)13-9-17(24)21-14-5-3-2-4-12(13)14/h2-8,13H,9H2,1H3,(H,20,23)(H,21,24)(H,22,25). The van der Waals surface area contributed by atoms with Crippen molar-refractivity contribution in [3.05, 3.63) is 52.5 Å². The van der Waals surface area contributed by atoms with Crippen LogP contribution in [0.3, 0.4) is 0 Å². The van der Waals surface area contributed by atoms with E-state index in [-0.39, 0.29) is 24.1 Å². The number of rotatable bonds is 3. The topological polar surface area (TPSA) is 87.3 Å². The molecule has 0 aliphatic carbocycles. The average molecular weight is 402 g/mol. The van der Waals surface area contributed by atoms with Gasteiger partial charge in [0.15, 0.2) is 0 Å². The maximum Gasteiger partial charge on any atom is 0.232 e. The lowest BCUT2D eigenvalue weighted by Gasteiger charge is -2.25. The van der Waals surface area contributed by atoms with Crippen LogP contribution in [0.25, 0.3) is 0 Å². The molecule has 1 heterocycles. The van der Waals surface area contributed by atoms with Gasteiger partial charge in [-0.2, -0.15) is 0 Å². The summed E-state index contributed by atoms with van der Waals surface area (Å²) in [5.74, 6) is -1.32. The van der Waals surface area contributed by atoms with E-state index >= 15 is 0 Å². The second kappa shape index (κ2) is 7.06. The van der Waals surface area contributed by atoms with Gasteiger partial charge in [-0.05, 0) is 29.8 Å². The minimum absolute atomic E-state index is 0.0757. The molecule has 2 aromatic carbocycles. The Hall–Kier alpha value is -2.67. The number of carbonyl (C=O) groups excluding carboxylic acids is 3. The summed E-state index contributed by atoms with van der Waals surface area (Å²) in [7, 11) is 0. The molecule has 6 nitrogen and oxygen atoms in total. The van der Waals surface area contributed by atoms with Gasteiger partial charge in [0.05, 0.1) is 17.3 Å². The van der Waals surface area contributed by atoms with Gasteiger partial charge in [-0.25, -0.2) is 0 Å². The van der Waals surface area contributed by atoms with E-state index in [1.807, 2.05) is 18.2 Å². The SMILES string of the molecule is CC(=O)Nc1ccc(Br)cc1NC(=O)C1CC(=O)Nc2ccccc21. The summed E-state index contributed by atoms with van der Waals surface area (Å²) < 4.78 is 0.763. The lowest BCUT2D eigenvalue weighted by molar-refractivity contribution is -0.123. The summed E-state index contributed by atoms with van der Waals surface area (Å²) in [6.45, 7) is 1.40. The second-order valence-electron chi connectivity index (χ2n) is 5.75. The second-order valence-corrected chi connectivity index (χ2v) is 6.67.